The van der Waals surface area contributed by atoms with Crippen LogP contribution in [0.2, 0.25) is 0 Å². The van der Waals surface area contributed by atoms with Gasteiger partial charge in [-0.15, -0.1) is 0 Å². The van der Waals surface area contributed by atoms with Crippen LogP contribution in [0.1, 0.15) is 24.0 Å². The minimum Gasteiger partial charge on any atom is -0.299 e. The summed E-state index contributed by atoms with van der Waals surface area (Å²) in [5.41, 5.74) is 2.47. The lowest BCUT2D eigenvalue weighted by molar-refractivity contribution is -0.153. The maximum atomic E-state index is 12.9. The Morgan fingerprint density at radius 3 is 1.65 bits per heavy atom. The smallest absolute Gasteiger partial charge is 0.238 e. The summed E-state index contributed by atoms with van der Waals surface area (Å²) in [6, 6.07) is 5.57. The number of carbonyl (C=O) groups is 4. The van der Waals surface area contributed by atoms with E-state index in [-0.39, 0.29) is 36.2 Å². The first-order valence-electron chi connectivity index (χ1n) is 7.90. The Labute approximate surface area is 133 Å². The van der Waals surface area contributed by atoms with Crippen molar-refractivity contribution in [1.82, 2.24) is 0 Å². The van der Waals surface area contributed by atoms with Gasteiger partial charge < -0.3 is 0 Å². The number of carbonyl (C=O) groups excluding carboxylic acids is 4. The van der Waals surface area contributed by atoms with E-state index in [1.807, 2.05) is 19.9 Å². The molecule has 5 rings (SSSR count). The van der Waals surface area contributed by atoms with Crippen molar-refractivity contribution in [3.05, 3.63) is 29.3 Å². The quantitative estimate of drug-likeness (QED) is 0.738. The Kier molecular flexibility index (Phi) is 2.86. The predicted molar refractivity (Wildman–Crippen MR) is 81.6 cm³/mol. The molecule has 0 N–H and O–H groups in total. The number of aryl methyl sites for hydroxylation is 2. The molecular formula is C18H17NO4. The molecule has 1 aromatic rings. The molecule has 5 nitrogen and oxygen atoms in total. The maximum Gasteiger partial charge on any atom is 0.238 e. The third-order valence-electron chi connectivity index (χ3n) is 5.40. The Bertz CT molecular complexity index is 721. The monoisotopic (exact) mass is 311 g/mol. The number of hydrogen-bond acceptors (Lipinski definition) is 4. The molecule has 4 aliphatic rings. The molecule has 118 valence electrons. The van der Waals surface area contributed by atoms with Gasteiger partial charge in [0.25, 0.3) is 0 Å². The minimum absolute atomic E-state index is 0.0423. The van der Waals surface area contributed by atoms with Crippen LogP contribution < -0.4 is 4.90 Å². The Hall–Kier alpha value is -2.30. The third kappa shape index (κ3) is 1.85. The number of imide groups is 1. The molecule has 0 spiro atoms. The van der Waals surface area contributed by atoms with Gasteiger partial charge >= 0.3 is 0 Å². The second kappa shape index (κ2) is 4.60. The molecule has 1 saturated heterocycles. The molecule has 3 aliphatic carbocycles. The van der Waals surface area contributed by atoms with Gasteiger partial charge in [-0.1, -0.05) is 6.07 Å². The number of nitrogens with zero attached hydrogens (tertiary/aromatic N) is 1. The highest BCUT2D eigenvalue weighted by molar-refractivity contribution is 6.25. The first-order valence-corrected chi connectivity index (χ1v) is 7.90. The molecular weight excluding hydrogens is 294 g/mol. The molecule has 1 aliphatic heterocycles. The van der Waals surface area contributed by atoms with Crippen molar-refractivity contribution in [1.29, 1.82) is 0 Å². The van der Waals surface area contributed by atoms with Crippen molar-refractivity contribution in [2.75, 3.05) is 4.90 Å². The molecule has 5 heteroatoms. The molecule has 3 saturated carbocycles. The number of Topliss-reactive ketones (excluding diaryl/α,β-unsaturated/α-hetero) is 2. The van der Waals surface area contributed by atoms with Gasteiger partial charge in [-0.25, -0.2) is 4.90 Å². The van der Waals surface area contributed by atoms with Crippen LogP contribution in [0.25, 0.3) is 0 Å². The average molecular weight is 311 g/mol. The van der Waals surface area contributed by atoms with E-state index in [4.69, 9.17) is 0 Å². The van der Waals surface area contributed by atoms with Crippen molar-refractivity contribution >= 4 is 29.1 Å². The summed E-state index contributed by atoms with van der Waals surface area (Å²) in [7, 11) is 0. The second-order valence-corrected chi connectivity index (χ2v) is 6.96. The number of benzene rings is 1. The van der Waals surface area contributed by atoms with E-state index in [1.165, 1.54) is 4.90 Å². The van der Waals surface area contributed by atoms with E-state index in [0.717, 1.165) is 11.1 Å². The van der Waals surface area contributed by atoms with Crippen molar-refractivity contribution < 1.29 is 19.2 Å². The number of amides is 2. The normalized spacial score (nSPS) is 32.7. The van der Waals surface area contributed by atoms with Crippen molar-refractivity contribution in [3.8, 4) is 0 Å². The van der Waals surface area contributed by atoms with Crippen molar-refractivity contribution in [2.24, 2.45) is 23.7 Å². The van der Waals surface area contributed by atoms with E-state index >= 15 is 0 Å². The van der Waals surface area contributed by atoms with Gasteiger partial charge in [-0.05, 0) is 37.1 Å². The summed E-state index contributed by atoms with van der Waals surface area (Å²) < 4.78 is 0. The van der Waals surface area contributed by atoms with E-state index in [2.05, 4.69) is 0 Å². The summed E-state index contributed by atoms with van der Waals surface area (Å²) in [4.78, 5) is 51.1. The molecule has 4 atom stereocenters. The molecule has 2 amide bonds. The zero-order valence-electron chi connectivity index (χ0n) is 13.0. The number of anilines is 1. The van der Waals surface area contributed by atoms with Crippen LogP contribution in [0.4, 0.5) is 5.69 Å². The van der Waals surface area contributed by atoms with Crippen LogP contribution in [0.3, 0.4) is 0 Å². The van der Waals surface area contributed by atoms with Crippen molar-refractivity contribution in [2.45, 2.75) is 26.7 Å². The lowest BCUT2D eigenvalue weighted by Gasteiger charge is -2.40. The van der Waals surface area contributed by atoms with Crippen LogP contribution in [0.15, 0.2) is 18.2 Å². The fourth-order valence-electron chi connectivity index (χ4n) is 4.51. The average Bonchev–Trinajstić information content (AvgIpc) is 2.72. The molecule has 1 heterocycles. The molecule has 0 aromatic heterocycles. The standard InChI is InChI=1S/C18H17NO4/c1-8-3-9(2)5-10(4-8)19-17(22)15-11-6-13(20)12(7-14(11)21)16(15)18(19)23/h3-5,11-12,15-16H,6-7H2,1-2H3. The predicted octanol–water partition coefficient (Wildman–Crippen LogP) is 1.59. The van der Waals surface area contributed by atoms with E-state index in [0.29, 0.717) is 5.69 Å². The lowest BCUT2D eigenvalue weighted by Crippen LogP contribution is -2.51. The highest BCUT2D eigenvalue weighted by Crippen LogP contribution is 2.50. The van der Waals surface area contributed by atoms with E-state index in [1.54, 1.807) is 12.1 Å². The zero-order valence-corrected chi connectivity index (χ0v) is 13.0. The SMILES string of the molecule is Cc1cc(C)cc(N2C(=O)C3C4CC(=O)C(CC4=O)C3C2=O)c1. The first-order chi connectivity index (χ1) is 10.9. The van der Waals surface area contributed by atoms with Gasteiger partial charge in [0.15, 0.2) is 0 Å². The number of ketones is 2. The molecule has 1 aromatic carbocycles. The fraction of sp³-hybridized carbons (Fsp3) is 0.444. The van der Waals surface area contributed by atoms with Crippen LogP contribution >= 0.6 is 0 Å². The van der Waals surface area contributed by atoms with E-state index in [9.17, 15) is 19.2 Å². The van der Waals surface area contributed by atoms with E-state index < -0.39 is 23.7 Å². The first kappa shape index (κ1) is 14.3. The topological polar surface area (TPSA) is 71.5 Å². The third-order valence-corrected chi connectivity index (χ3v) is 5.40. The Morgan fingerprint density at radius 2 is 1.22 bits per heavy atom. The zero-order chi connectivity index (χ0) is 16.5. The van der Waals surface area contributed by atoms with Crippen LogP contribution in [-0.4, -0.2) is 23.4 Å². The molecule has 4 fully saturated rings. The number of hydrogen-bond donors (Lipinski definition) is 0. The van der Waals surface area contributed by atoms with Gasteiger partial charge in [0.1, 0.15) is 11.6 Å². The van der Waals surface area contributed by atoms with Gasteiger partial charge in [0, 0.05) is 24.7 Å². The van der Waals surface area contributed by atoms with Gasteiger partial charge in [-0.3, -0.25) is 19.2 Å². The number of rotatable bonds is 1. The number of fused-ring (bicyclic) bond motifs is 2. The maximum absolute atomic E-state index is 12.9. The van der Waals surface area contributed by atoms with Crippen LogP contribution in [-0.2, 0) is 19.2 Å². The van der Waals surface area contributed by atoms with Crippen LogP contribution in [0.5, 0.6) is 0 Å². The lowest BCUT2D eigenvalue weighted by atomic mass is 9.58. The minimum atomic E-state index is -0.646. The second-order valence-electron chi connectivity index (χ2n) is 6.96. The highest BCUT2D eigenvalue weighted by atomic mass is 16.2. The molecule has 2 bridgehead atoms. The van der Waals surface area contributed by atoms with Gasteiger partial charge in [0.05, 0.1) is 17.5 Å². The fourth-order valence-corrected chi connectivity index (χ4v) is 4.51. The largest absolute Gasteiger partial charge is 0.299 e. The summed E-state index contributed by atoms with van der Waals surface area (Å²) in [5, 5.41) is 0. The van der Waals surface area contributed by atoms with Gasteiger partial charge in [-0.2, -0.15) is 0 Å². The van der Waals surface area contributed by atoms with Crippen molar-refractivity contribution in [3.63, 3.8) is 0 Å². The molecule has 0 radical (unpaired) electrons. The van der Waals surface area contributed by atoms with Crippen LogP contribution in [0, 0.1) is 37.5 Å². The summed E-state index contributed by atoms with van der Waals surface area (Å²) >= 11 is 0. The molecule has 4 unspecified atom stereocenters. The Balaban J connectivity index is 1.80. The summed E-state index contributed by atoms with van der Waals surface area (Å²) in [6.45, 7) is 3.82. The Morgan fingerprint density at radius 1 is 0.783 bits per heavy atom. The molecule has 23 heavy (non-hydrogen) atoms. The summed E-state index contributed by atoms with van der Waals surface area (Å²) in [5.74, 6) is -3.23. The summed E-state index contributed by atoms with van der Waals surface area (Å²) in [6.07, 6.45) is 0.231. The van der Waals surface area contributed by atoms with Gasteiger partial charge in [0.2, 0.25) is 11.8 Å². The highest BCUT2D eigenvalue weighted by Gasteiger charge is 2.63.